The fourth-order valence-electron chi connectivity index (χ4n) is 3.30. The van der Waals surface area contributed by atoms with Gasteiger partial charge in [0.25, 0.3) is 0 Å². The van der Waals surface area contributed by atoms with E-state index >= 15 is 0 Å². The van der Waals surface area contributed by atoms with Gasteiger partial charge in [-0.3, -0.25) is 9.59 Å². The first kappa shape index (κ1) is 21.6. The number of aliphatic hydroxyl groups excluding tert-OH is 1. The highest BCUT2D eigenvalue weighted by Crippen LogP contribution is 2.32. The van der Waals surface area contributed by atoms with Gasteiger partial charge in [-0.15, -0.1) is 0 Å². The van der Waals surface area contributed by atoms with E-state index in [0.717, 1.165) is 57.8 Å². The number of aliphatic hydroxyl groups is 1. The van der Waals surface area contributed by atoms with E-state index in [4.69, 9.17) is 5.11 Å². The largest absolute Gasteiger partial charge is 0.469 e. The molecule has 0 aromatic carbocycles. The van der Waals surface area contributed by atoms with Gasteiger partial charge in [0.15, 0.2) is 0 Å². The Bertz CT molecular complexity index is 439. The quantitative estimate of drug-likeness (QED) is 0.304. The van der Waals surface area contributed by atoms with Crippen LogP contribution in [0.5, 0.6) is 0 Å². The molecule has 0 spiro atoms. The molecule has 2 atom stereocenters. The zero-order valence-corrected chi connectivity index (χ0v) is 15.6. The number of hydrogen-bond donors (Lipinski definition) is 1. The maximum absolute atomic E-state index is 12.1. The minimum absolute atomic E-state index is 0.127. The Morgan fingerprint density at radius 1 is 1.12 bits per heavy atom. The number of carbonyl (C=O) groups excluding carboxylic acids is 2. The van der Waals surface area contributed by atoms with E-state index in [1.54, 1.807) is 0 Å². The van der Waals surface area contributed by atoms with Crippen molar-refractivity contribution in [2.75, 3.05) is 13.7 Å². The molecule has 0 amide bonds. The molecule has 1 aliphatic rings. The summed E-state index contributed by atoms with van der Waals surface area (Å²) in [5.41, 5.74) is 0. The Balaban J connectivity index is 2.24. The molecular formula is C21H34O4. The number of Topliss-reactive ketones (excluding diaryl/α,β-unsaturated/α-hetero) is 1. The van der Waals surface area contributed by atoms with Crippen molar-refractivity contribution in [2.45, 2.75) is 70.6 Å². The summed E-state index contributed by atoms with van der Waals surface area (Å²) in [7, 11) is 1.41. The maximum atomic E-state index is 12.1. The second-order valence-corrected chi connectivity index (χ2v) is 6.81. The minimum atomic E-state index is -0.166. The average molecular weight is 350 g/mol. The van der Waals surface area contributed by atoms with Gasteiger partial charge in [-0.05, 0) is 50.9 Å². The third-order valence-corrected chi connectivity index (χ3v) is 4.85. The summed E-state index contributed by atoms with van der Waals surface area (Å²) in [6, 6.07) is 0. The van der Waals surface area contributed by atoms with Crippen LogP contribution in [-0.2, 0) is 14.3 Å². The predicted octanol–water partition coefficient (Wildman–Crippen LogP) is 4.37. The van der Waals surface area contributed by atoms with Gasteiger partial charge in [0.2, 0.25) is 0 Å². The molecular weight excluding hydrogens is 316 g/mol. The van der Waals surface area contributed by atoms with Crippen molar-refractivity contribution < 1.29 is 19.4 Å². The van der Waals surface area contributed by atoms with Crippen molar-refractivity contribution in [1.29, 1.82) is 0 Å². The van der Waals surface area contributed by atoms with E-state index in [1.165, 1.54) is 7.11 Å². The third-order valence-electron chi connectivity index (χ3n) is 4.85. The molecule has 1 rings (SSSR count). The van der Waals surface area contributed by atoms with Gasteiger partial charge < -0.3 is 9.84 Å². The van der Waals surface area contributed by atoms with Crippen LogP contribution in [0.15, 0.2) is 24.3 Å². The van der Waals surface area contributed by atoms with Gasteiger partial charge in [-0.2, -0.15) is 0 Å². The Morgan fingerprint density at radius 3 is 2.64 bits per heavy atom. The SMILES string of the molecule is COC(=O)CCC/C=C\C[C@H]1C(=O)CC[C@@H]1C=CCCCCCCO. The van der Waals surface area contributed by atoms with Crippen LogP contribution in [0, 0.1) is 11.8 Å². The molecule has 0 unspecified atom stereocenters. The van der Waals surface area contributed by atoms with Crippen LogP contribution >= 0.6 is 0 Å². The number of hydrogen-bond acceptors (Lipinski definition) is 4. The highest BCUT2D eigenvalue weighted by atomic mass is 16.5. The van der Waals surface area contributed by atoms with E-state index < -0.39 is 0 Å². The molecule has 4 nitrogen and oxygen atoms in total. The second-order valence-electron chi connectivity index (χ2n) is 6.81. The first-order valence-corrected chi connectivity index (χ1v) is 9.71. The maximum Gasteiger partial charge on any atom is 0.305 e. The highest BCUT2D eigenvalue weighted by Gasteiger charge is 2.31. The lowest BCUT2D eigenvalue weighted by molar-refractivity contribution is -0.140. The highest BCUT2D eigenvalue weighted by molar-refractivity contribution is 5.83. The molecule has 0 aromatic heterocycles. The number of methoxy groups -OCH3 is 1. The molecule has 1 saturated carbocycles. The van der Waals surface area contributed by atoms with Crippen LogP contribution < -0.4 is 0 Å². The first-order chi connectivity index (χ1) is 12.2. The summed E-state index contributed by atoms with van der Waals surface area (Å²) in [5, 5.41) is 8.75. The number of allylic oxidation sites excluding steroid dienone is 4. The Kier molecular flexibility index (Phi) is 12.0. The molecule has 4 heteroatoms. The van der Waals surface area contributed by atoms with Crippen molar-refractivity contribution in [2.24, 2.45) is 11.8 Å². The average Bonchev–Trinajstić information content (AvgIpc) is 2.97. The van der Waals surface area contributed by atoms with Crippen molar-refractivity contribution in [1.82, 2.24) is 0 Å². The summed E-state index contributed by atoms with van der Waals surface area (Å²) in [6.07, 6.45) is 18.6. The summed E-state index contributed by atoms with van der Waals surface area (Å²) in [5.74, 6) is 0.727. The lowest BCUT2D eigenvalue weighted by atomic mass is 9.91. The van der Waals surface area contributed by atoms with Gasteiger partial charge in [0, 0.05) is 25.4 Å². The second kappa shape index (κ2) is 13.8. The summed E-state index contributed by atoms with van der Waals surface area (Å²) >= 11 is 0. The number of unbranched alkanes of at least 4 members (excludes halogenated alkanes) is 5. The normalized spacial score (nSPS) is 20.8. The number of ether oxygens (including phenoxy) is 1. The molecule has 0 saturated heterocycles. The predicted molar refractivity (Wildman–Crippen MR) is 100 cm³/mol. The molecule has 0 heterocycles. The van der Waals surface area contributed by atoms with Crippen LogP contribution in [-0.4, -0.2) is 30.6 Å². The fourth-order valence-corrected chi connectivity index (χ4v) is 3.30. The number of carbonyl (C=O) groups is 2. The molecule has 1 fully saturated rings. The molecule has 1 N–H and O–H groups in total. The van der Waals surface area contributed by atoms with Crippen molar-refractivity contribution in [3.05, 3.63) is 24.3 Å². The first-order valence-electron chi connectivity index (χ1n) is 9.71. The van der Waals surface area contributed by atoms with Crippen LogP contribution in [0.1, 0.15) is 70.6 Å². The Morgan fingerprint density at radius 2 is 1.88 bits per heavy atom. The number of ketones is 1. The van der Waals surface area contributed by atoms with E-state index in [1.807, 2.05) is 0 Å². The van der Waals surface area contributed by atoms with Crippen LogP contribution in [0.4, 0.5) is 0 Å². The summed E-state index contributed by atoms with van der Waals surface area (Å²) in [4.78, 5) is 23.1. The number of esters is 1. The molecule has 142 valence electrons. The smallest absolute Gasteiger partial charge is 0.305 e. The zero-order valence-electron chi connectivity index (χ0n) is 15.6. The van der Waals surface area contributed by atoms with Gasteiger partial charge in [-0.25, -0.2) is 0 Å². The van der Waals surface area contributed by atoms with Crippen LogP contribution in [0.3, 0.4) is 0 Å². The minimum Gasteiger partial charge on any atom is -0.469 e. The van der Waals surface area contributed by atoms with E-state index in [0.29, 0.717) is 24.5 Å². The van der Waals surface area contributed by atoms with Crippen LogP contribution in [0.25, 0.3) is 0 Å². The van der Waals surface area contributed by atoms with E-state index in [2.05, 4.69) is 29.0 Å². The Hall–Kier alpha value is -1.42. The molecule has 0 aromatic rings. The van der Waals surface area contributed by atoms with Crippen molar-refractivity contribution >= 4 is 11.8 Å². The standard InChI is InChI=1S/C21H34O4/c1-25-21(24)14-10-6-5-9-13-19-18(15-16-20(19)23)12-8-4-2-3-7-11-17-22/h5,8-9,12,18-19,22H,2-4,6-7,10-11,13-17H2,1H3/b9-5-,12-8?/t18-,19+/m0/s1. The Labute approximate surface area is 152 Å². The zero-order chi connectivity index (χ0) is 18.3. The van der Waals surface area contributed by atoms with Gasteiger partial charge in [0.05, 0.1) is 7.11 Å². The van der Waals surface area contributed by atoms with Crippen molar-refractivity contribution in [3.63, 3.8) is 0 Å². The van der Waals surface area contributed by atoms with E-state index in [9.17, 15) is 9.59 Å². The summed E-state index contributed by atoms with van der Waals surface area (Å²) in [6.45, 7) is 0.290. The lowest BCUT2D eigenvalue weighted by Crippen LogP contribution is -2.12. The van der Waals surface area contributed by atoms with Crippen molar-refractivity contribution in [3.8, 4) is 0 Å². The lowest BCUT2D eigenvalue weighted by Gasteiger charge is -2.12. The third kappa shape index (κ3) is 9.59. The molecule has 1 aliphatic carbocycles. The monoisotopic (exact) mass is 350 g/mol. The van der Waals surface area contributed by atoms with Gasteiger partial charge >= 0.3 is 5.97 Å². The van der Waals surface area contributed by atoms with Gasteiger partial charge in [0.1, 0.15) is 5.78 Å². The van der Waals surface area contributed by atoms with Gasteiger partial charge in [-0.1, -0.05) is 37.1 Å². The molecule has 25 heavy (non-hydrogen) atoms. The fraction of sp³-hybridized carbons (Fsp3) is 0.714. The summed E-state index contributed by atoms with van der Waals surface area (Å²) < 4.78 is 4.61. The molecule has 0 bridgehead atoms. The van der Waals surface area contributed by atoms with Crippen LogP contribution in [0.2, 0.25) is 0 Å². The number of rotatable bonds is 13. The van der Waals surface area contributed by atoms with E-state index in [-0.39, 0.29) is 18.5 Å². The molecule has 0 aliphatic heterocycles. The molecule has 0 radical (unpaired) electrons. The topological polar surface area (TPSA) is 63.6 Å².